The lowest BCUT2D eigenvalue weighted by atomic mass is 10.1. The highest BCUT2D eigenvalue weighted by Gasteiger charge is 2.16. The van der Waals surface area contributed by atoms with Gasteiger partial charge in [0.1, 0.15) is 0 Å². The fraction of sp³-hybridized carbons (Fsp3) is 0.400. The Kier molecular flexibility index (Phi) is 3.60. The van der Waals surface area contributed by atoms with Crippen molar-refractivity contribution in [2.24, 2.45) is 0 Å². The number of carbonyl (C=O) groups excluding carboxylic acids is 1. The second kappa shape index (κ2) is 5.54. The number of hydrogen-bond acceptors (Lipinski definition) is 3. The van der Waals surface area contributed by atoms with Gasteiger partial charge in [-0.25, -0.2) is 0 Å². The summed E-state index contributed by atoms with van der Waals surface area (Å²) in [6, 6.07) is 5.51. The normalized spacial score (nSPS) is 18.5. The first-order valence-electron chi connectivity index (χ1n) is 7.00. The Morgan fingerprint density at radius 1 is 1.50 bits per heavy atom. The minimum absolute atomic E-state index is 0.0565. The number of anilines is 1. The van der Waals surface area contributed by atoms with Gasteiger partial charge in [0, 0.05) is 35.9 Å². The molecule has 1 atom stereocenters. The van der Waals surface area contributed by atoms with E-state index in [1.165, 1.54) is 0 Å². The highest BCUT2D eigenvalue weighted by Crippen LogP contribution is 2.20. The van der Waals surface area contributed by atoms with Crippen molar-refractivity contribution in [2.45, 2.75) is 25.4 Å². The van der Waals surface area contributed by atoms with Crippen molar-refractivity contribution in [2.75, 3.05) is 18.9 Å². The molecule has 0 bridgehead atoms. The molecule has 1 aliphatic rings. The minimum atomic E-state index is -0.0565. The van der Waals surface area contributed by atoms with Gasteiger partial charge in [0.05, 0.1) is 11.7 Å². The highest BCUT2D eigenvalue weighted by molar-refractivity contribution is 6.07. The first-order valence-corrected chi connectivity index (χ1v) is 7.00. The lowest BCUT2D eigenvalue weighted by Gasteiger charge is -2.09. The van der Waals surface area contributed by atoms with Gasteiger partial charge in [-0.3, -0.25) is 4.79 Å². The fourth-order valence-corrected chi connectivity index (χ4v) is 2.65. The third-order valence-electron chi connectivity index (χ3n) is 3.73. The molecule has 5 heteroatoms. The fourth-order valence-electron chi connectivity index (χ4n) is 2.65. The number of nitrogen functional groups attached to an aromatic ring is 1. The van der Waals surface area contributed by atoms with Crippen LogP contribution in [0.5, 0.6) is 0 Å². The average Bonchev–Trinajstić information content (AvgIpc) is 3.07. The predicted molar refractivity (Wildman–Crippen MR) is 78.6 cm³/mol. The van der Waals surface area contributed by atoms with Crippen molar-refractivity contribution in [3.8, 4) is 0 Å². The summed E-state index contributed by atoms with van der Waals surface area (Å²) < 4.78 is 5.54. The summed E-state index contributed by atoms with van der Waals surface area (Å²) in [5, 5.41) is 3.85. The molecule has 2 aromatic rings. The number of benzene rings is 1. The summed E-state index contributed by atoms with van der Waals surface area (Å²) in [6.45, 7) is 1.49. The molecule has 1 saturated heterocycles. The van der Waals surface area contributed by atoms with E-state index in [4.69, 9.17) is 10.5 Å². The summed E-state index contributed by atoms with van der Waals surface area (Å²) >= 11 is 0. The van der Waals surface area contributed by atoms with E-state index in [2.05, 4.69) is 10.3 Å². The summed E-state index contributed by atoms with van der Waals surface area (Å²) in [7, 11) is 0. The van der Waals surface area contributed by atoms with Crippen molar-refractivity contribution >= 4 is 22.5 Å². The number of aromatic nitrogens is 1. The molecule has 1 aliphatic heterocycles. The molecule has 1 aromatic heterocycles. The van der Waals surface area contributed by atoms with Crippen LogP contribution in [-0.4, -0.2) is 30.1 Å². The molecule has 0 radical (unpaired) electrons. The van der Waals surface area contributed by atoms with Crippen LogP contribution in [0.2, 0.25) is 0 Å². The minimum Gasteiger partial charge on any atom is -0.399 e. The molecule has 5 nitrogen and oxygen atoms in total. The molecular weight excluding hydrogens is 254 g/mol. The van der Waals surface area contributed by atoms with Crippen LogP contribution in [0.1, 0.15) is 29.6 Å². The van der Waals surface area contributed by atoms with E-state index in [1.54, 1.807) is 12.3 Å². The second-order valence-electron chi connectivity index (χ2n) is 5.19. The Labute approximate surface area is 117 Å². The molecule has 2 heterocycles. The maximum absolute atomic E-state index is 12.2. The number of fused-ring (bicyclic) bond motifs is 1. The van der Waals surface area contributed by atoms with Crippen molar-refractivity contribution in [3.05, 3.63) is 30.0 Å². The molecule has 106 valence electrons. The van der Waals surface area contributed by atoms with Crippen LogP contribution >= 0.6 is 0 Å². The largest absolute Gasteiger partial charge is 0.399 e. The monoisotopic (exact) mass is 273 g/mol. The van der Waals surface area contributed by atoms with Crippen LogP contribution in [0.15, 0.2) is 24.4 Å². The van der Waals surface area contributed by atoms with Gasteiger partial charge in [-0.2, -0.15) is 0 Å². The van der Waals surface area contributed by atoms with E-state index in [0.717, 1.165) is 36.8 Å². The van der Waals surface area contributed by atoms with Crippen LogP contribution in [0.4, 0.5) is 5.69 Å². The topological polar surface area (TPSA) is 80.1 Å². The number of hydrogen-bond donors (Lipinski definition) is 3. The van der Waals surface area contributed by atoms with E-state index in [1.807, 2.05) is 12.1 Å². The number of aromatic amines is 1. The van der Waals surface area contributed by atoms with Gasteiger partial charge in [0.2, 0.25) is 0 Å². The first kappa shape index (κ1) is 13.0. The molecule has 0 spiro atoms. The van der Waals surface area contributed by atoms with Gasteiger partial charge in [-0.15, -0.1) is 0 Å². The molecule has 1 unspecified atom stereocenters. The number of carbonyl (C=O) groups is 1. The predicted octanol–water partition coefficient (Wildman–Crippen LogP) is 2.05. The Morgan fingerprint density at radius 2 is 2.40 bits per heavy atom. The molecule has 0 saturated carbocycles. The van der Waals surface area contributed by atoms with Gasteiger partial charge >= 0.3 is 0 Å². The highest BCUT2D eigenvalue weighted by atomic mass is 16.5. The standard InChI is InChI=1S/C15H19N3O2/c16-10-3-4-12-13(9-18-14(12)8-10)15(19)17-6-5-11-2-1-7-20-11/h3-4,8-9,11,18H,1-2,5-7,16H2,(H,17,19). The quantitative estimate of drug-likeness (QED) is 0.746. The Bertz CT molecular complexity index is 615. The van der Waals surface area contributed by atoms with Gasteiger partial charge in [0.25, 0.3) is 5.91 Å². The van der Waals surface area contributed by atoms with Gasteiger partial charge < -0.3 is 20.8 Å². The van der Waals surface area contributed by atoms with E-state index in [-0.39, 0.29) is 5.91 Å². The molecule has 1 aromatic carbocycles. The molecular formula is C15H19N3O2. The zero-order valence-electron chi connectivity index (χ0n) is 11.3. The number of amides is 1. The number of nitrogens with one attached hydrogen (secondary N) is 2. The summed E-state index contributed by atoms with van der Waals surface area (Å²) in [4.78, 5) is 15.3. The van der Waals surface area contributed by atoms with Crippen LogP contribution in [0.25, 0.3) is 10.9 Å². The Hall–Kier alpha value is -2.01. The molecule has 0 aliphatic carbocycles. The lowest BCUT2D eigenvalue weighted by molar-refractivity contribution is 0.0908. The zero-order chi connectivity index (χ0) is 13.9. The van der Waals surface area contributed by atoms with Crippen molar-refractivity contribution in [3.63, 3.8) is 0 Å². The third-order valence-corrected chi connectivity index (χ3v) is 3.73. The van der Waals surface area contributed by atoms with E-state index >= 15 is 0 Å². The van der Waals surface area contributed by atoms with E-state index in [9.17, 15) is 4.79 Å². The van der Waals surface area contributed by atoms with E-state index < -0.39 is 0 Å². The lowest BCUT2D eigenvalue weighted by Crippen LogP contribution is -2.26. The molecule has 4 N–H and O–H groups in total. The summed E-state index contributed by atoms with van der Waals surface area (Å²) in [5.41, 5.74) is 7.95. The average molecular weight is 273 g/mol. The van der Waals surface area contributed by atoms with E-state index in [0.29, 0.717) is 23.9 Å². The van der Waals surface area contributed by atoms with Gasteiger partial charge in [0.15, 0.2) is 0 Å². The second-order valence-corrected chi connectivity index (χ2v) is 5.19. The number of H-pyrrole nitrogens is 1. The maximum atomic E-state index is 12.2. The molecule has 3 rings (SSSR count). The van der Waals surface area contributed by atoms with Gasteiger partial charge in [-0.1, -0.05) is 0 Å². The molecule has 1 amide bonds. The molecule has 20 heavy (non-hydrogen) atoms. The maximum Gasteiger partial charge on any atom is 0.253 e. The smallest absolute Gasteiger partial charge is 0.253 e. The number of rotatable bonds is 4. The van der Waals surface area contributed by atoms with Crippen LogP contribution < -0.4 is 11.1 Å². The van der Waals surface area contributed by atoms with Crippen LogP contribution in [0, 0.1) is 0 Å². The van der Waals surface area contributed by atoms with Gasteiger partial charge in [-0.05, 0) is 37.5 Å². The Balaban J connectivity index is 1.63. The summed E-state index contributed by atoms with van der Waals surface area (Å²) in [6.07, 6.45) is 5.13. The SMILES string of the molecule is Nc1ccc2c(C(=O)NCCC3CCCO3)c[nH]c2c1. The van der Waals surface area contributed by atoms with Crippen molar-refractivity contribution in [1.82, 2.24) is 10.3 Å². The number of ether oxygens (including phenoxy) is 1. The Morgan fingerprint density at radius 3 is 3.20 bits per heavy atom. The number of nitrogens with two attached hydrogens (primary N) is 1. The third kappa shape index (κ3) is 2.63. The summed E-state index contributed by atoms with van der Waals surface area (Å²) in [5.74, 6) is -0.0565. The van der Waals surface area contributed by atoms with Crippen LogP contribution in [0.3, 0.4) is 0 Å². The first-order chi connectivity index (χ1) is 9.74. The van der Waals surface area contributed by atoms with Crippen molar-refractivity contribution in [1.29, 1.82) is 0 Å². The van der Waals surface area contributed by atoms with Crippen LogP contribution in [-0.2, 0) is 4.74 Å². The zero-order valence-corrected chi connectivity index (χ0v) is 11.3. The molecule has 1 fully saturated rings. The van der Waals surface area contributed by atoms with Crippen molar-refractivity contribution < 1.29 is 9.53 Å².